The van der Waals surface area contributed by atoms with E-state index in [9.17, 15) is 19.1 Å². The second-order valence-corrected chi connectivity index (χ2v) is 5.99. The molecule has 2 aromatic rings. The lowest BCUT2D eigenvalue weighted by molar-refractivity contribution is -0.136. The summed E-state index contributed by atoms with van der Waals surface area (Å²) in [5, 5.41) is 15.3. The Labute approximate surface area is 138 Å². The van der Waals surface area contributed by atoms with Gasteiger partial charge in [0.05, 0.1) is 5.60 Å². The lowest BCUT2D eigenvalue weighted by atomic mass is 10.0. The molecule has 0 spiro atoms. The zero-order valence-corrected chi connectivity index (χ0v) is 12.9. The number of hydrogen-bond donors (Lipinski definition) is 3. The van der Waals surface area contributed by atoms with E-state index < -0.39 is 23.2 Å². The maximum Gasteiger partial charge on any atom is 0.313 e. The minimum absolute atomic E-state index is 0.0307. The van der Waals surface area contributed by atoms with Crippen molar-refractivity contribution >= 4 is 17.5 Å². The van der Waals surface area contributed by atoms with Gasteiger partial charge in [0.25, 0.3) is 0 Å². The van der Waals surface area contributed by atoms with Gasteiger partial charge in [0.15, 0.2) is 0 Å². The molecule has 1 aliphatic carbocycles. The quantitative estimate of drug-likeness (QED) is 0.746. The third-order valence-corrected chi connectivity index (χ3v) is 4.02. The third-order valence-electron chi connectivity index (χ3n) is 4.02. The number of carbonyl (C=O) groups excluding carboxylic acids is 2. The summed E-state index contributed by atoms with van der Waals surface area (Å²) >= 11 is 0. The van der Waals surface area contributed by atoms with E-state index in [-0.39, 0.29) is 12.2 Å². The predicted octanol–water partition coefficient (Wildman–Crippen LogP) is 1.41. The molecule has 3 N–H and O–H groups in total. The molecule has 6 heteroatoms. The molecular formula is C18H17FN2O3. The first kappa shape index (κ1) is 16.1. The second kappa shape index (κ2) is 6.41. The highest BCUT2D eigenvalue weighted by atomic mass is 19.1. The minimum atomic E-state index is -1.10. The Balaban J connectivity index is 1.55. The fourth-order valence-corrected chi connectivity index (χ4v) is 2.88. The van der Waals surface area contributed by atoms with E-state index in [0.29, 0.717) is 12.8 Å². The molecule has 0 bridgehead atoms. The molecule has 2 amide bonds. The molecule has 3 rings (SSSR count). The minimum Gasteiger partial charge on any atom is -0.387 e. The lowest BCUT2D eigenvalue weighted by Crippen LogP contribution is -2.46. The van der Waals surface area contributed by atoms with Crippen LogP contribution in [0.2, 0.25) is 0 Å². The van der Waals surface area contributed by atoms with Crippen LogP contribution in [0.3, 0.4) is 0 Å². The van der Waals surface area contributed by atoms with Crippen LogP contribution in [-0.4, -0.2) is 29.1 Å². The Morgan fingerprint density at radius 1 is 1.04 bits per heavy atom. The van der Waals surface area contributed by atoms with Crippen molar-refractivity contribution in [1.82, 2.24) is 5.32 Å². The van der Waals surface area contributed by atoms with Crippen LogP contribution in [0.1, 0.15) is 11.1 Å². The number of halogens is 1. The molecule has 0 atom stereocenters. The van der Waals surface area contributed by atoms with Gasteiger partial charge in [-0.1, -0.05) is 30.3 Å². The zero-order valence-electron chi connectivity index (χ0n) is 12.9. The van der Waals surface area contributed by atoms with Crippen molar-refractivity contribution in [2.45, 2.75) is 18.4 Å². The van der Waals surface area contributed by atoms with Gasteiger partial charge in [0.2, 0.25) is 0 Å². The summed E-state index contributed by atoms with van der Waals surface area (Å²) in [7, 11) is 0. The zero-order chi connectivity index (χ0) is 17.2. The van der Waals surface area contributed by atoms with Crippen LogP contribution in [0.25, 0.3) is 0 Å². The van der Waals surface area contributed by atoms with E-state index in [0.717, 1.165) is 17.2 Å². The first-order valence-corrected chi connectivity index (χ1v) is 7.59. The summed E-state index contributed by atoms with van der Waals surface area (Å²) in [4.78, 5) is 23.7. The molecule has 5 nitrogen and oxygen atoms in total. The highest BCUT2D eigenvalue weighted by Crippen LogP contribution is 2.29. The summed E-state index contributed by atoms with van der Waals surface area (Å²) in [5.74, 6) is -2.28. The second-order valence-electron chi connectivity index (χ2n) is 5.99. The van der Waals surface area contributed by atoms with E-state index >= 15 is 0 Å². The van der Waals surface area contributed by atoms with Crippen molar-refractivity contribution < 1.29 is 19.1 Å². The van der Waals surface area contributed by atoms with Crippen LogP contribution in [0.15, 0.2) is 48.5 Å². The number of aliphatic hydroxyl groups is 1. The molecule has 0 heterocycles. The lowest BCUT2D eigenvalue weighted by Gasteiger charge is -2.22. The fraction of sp³-hybridized carbons (Fsp3) is 0.222. The number of anilines is 1. The Hall–Kier alpha value is -2.73. The molecule has 1 aliphatic rings. The van der Waals surface area contributed by atoms with Gasteiger partial charge in [-0.2, -0.15) is 0 Å². The summed E-state index contributed by atoms with van der Waals surface area (Å²) < 4.78 is 13.1. The molecule has 0 saturated carbocycles. The van der Waals surface area contributed by atoms with Crippen LogP contribution in [0.5, 0.6) is 0 Å². The Kier molecular flexibility index (Phi) is 4.31. The van der Waals surface area contributed by atoms with Crippen LogP contribution >= 0.6 is 0 Å². The summed E-state index contributed by atoms with van der Waals surface area (Å²) in [5.41, 5.74) is 1.18. The Morgan fingerprint density at radius 2 is 1.71 bits per heavy atom. The fourth-order valence-electron chi connectivity index (χ4n) is 2.88. The number of amides is 2. The average Bonchev–Trinajstić information content (AvgIpc) is 2.89. The maximum absolute atomic E-state index is 13.1. The number of carbonyl (C=O) groups is 2. The molecule has 0 saturated heterocycles. The van der Waals surface area contributed by atoms with Gasteiger partial charge >= 0.3 is 11.8 Å². The SMILES string of the molecule is O=C(NCC1(O)Cc2ccccc2C1)C(=O)Nc1cccc(F)c1. The van der Waals surface area contributed by atoms with E-state index in [1.54, 1.807) is 0 Å². The van der Waals surface area contributed by atoms with Gasteiger partial charge in [-0.15, -0.1) is 0 Å². The van der Waals surface area contributed by atoms with Gasteiger partial charge < -0.3 is 15.7 Å². The van der Waals surface area contributed by atoms with Crippen LogP contribution in [0, 0.1) is 5.82 Å². The number of rotatable bonds is 3. The molecule has 0 unspecified atom stereocenters. The molecule has 0 radical (unpaired) electrons. The number of hydrogen-bond acceptors (Lipinski definition) is 3. The van der Waals surface area contributed by atoms with Crippen molar-refractivity contribution in [1.29, 1.82) is 0 Å². The largest absolute Gasteiger partial charge is 0.387 e. The van der Waals surface area contributed by atoms with Gasteiger partial charge in [-0.25, -0.2) is 4.39 Å². The molecule has 24 heavy (non-hydrogen) atoms. The smallest absolute Gasteiger partial charge is 0.313 e. The summed E-state index contributed by atoms with van der Waals surface area (Å²) in [6, 6.07) is 12.9. The maximum atomic E-state index is 13.1. The van der Waals surface area contributed by atoms with Crippen molar-refractivity contribution in [3.63, 3.8) is 0 Å². The molecular weight excluding hydrogens is 311 g/mol. The van der Waals surface area contributed by atoms with E-state index in [1.165, 1.54) is 18.2 Å². The topological polar surface area (TPSA) is 78.4 Å². The Morgan fingerprint density at radius 3 is 2.33 bits per heavy atom. The van der Waals surface area contributed by atoms with Crippen molar-refractivity contribution in [3.8, 4) is 0 Å². The molecule has 2 aromatic carbocycles. The van der Waals surface area contributed by atoms with Crippen molar-refractivity contribution in [2.24, 2.45) is 0 Å². The van der Waals surface area contributed by atoms with Crippen LogP contribution < -0.4 is 10.6 Å². The summed E-state index contributed by atoms with van der Waals surface area (Å²) in [6.45, 7) is -0.0307. The average molecular weight is 328 g/mol. The predicted molar refractivity (Wildman–Crippen MR) is 86.8 cm³/mol. The molecule has 0 aromatic heterocycles. The number of benzene rings is 2. The van der Waals surface area contributed by atoms with Crippen LogP contribution in [0.4, 0.5) is 10.1 Å². The standard InChI is InChI=1S/C18H17FN2O3/c19-14-6-3-7-15(8-14)21-17(23)16(22)20-11-18(24)9-12-4-1-2-5-13(12)10-18/h1-8,24H,9-11H2,(H,20,22)(H,21,23). The van der Waals surface area contributed by atoms with Gasteiger partial charge in [-0.3, -0.25) is 9.59 Å². The molecule has 124 valence electrons. The van der Waals surface area contributed by atoms with Crippen molar-refractivity contribution in [3.05, 3.63) is 65.5 Å². The highest BCUT2D eigenvalue weighted by molar-refractivity contribution is 6.39. The normalized spacial score (nSPS) is 14.8. The Bertz CT molecular complexity index is 766. The molecule has 0 fully saturated rings. The summed E-state index contributed by atoms with van der Waals surface area (Å²) in [6.07, 6.45) is 0.851. The highest BCUT2D eigenvalue weighted by Gasteiger charge is 2.35. The van der Waals surface area contributed by atoms with E-state index in [4.69, 9.17) is 0 Å². The van der Waals surface area contributed by atoms with E-state index in [2.05, 4.69) is 10.6 Å². The van der Waals surface area contributed by atoms with Crippen LogP contribution in [-0.2, 0) is 22.4 Å². The van der Waals surface area contributed by atoms with Gasteiger partial charge in [-0.05, 0) is 29.3 Å². The first-order valence-electron chi connectivity index (χ1n) is 7.59. The first-order chi connectivity index (χ1) is 11.5. The van der Waals surface area contributed by atoms with E-state index in [1.807, 2.05) is 24.3 Å². The van der Waals surface area contributed by atoms with Crippen molar-refractivity contribution in [2.75, 3.05) is 11.9 Å². The monoisotopic (exact) mass is 328 g/mol. The van der Waals surface area contributed by atoms with Gasteiger partial charge in [0.1, 0.15) is 5.82 Å². The van der Waals surface area contributed by atoms with Gasteiger partial charge in [0, 0.05) is 25.1 Å². The molecule has 0 aliphatic heterocycles. The number of nitrogens with one attached hydrogen (secondary N) is 2. The third kappa shape index (κ3) is 3.60. The number of fused-ring (bicyclic) bond motifs is 1.